The monoisotopic (exact) mass is 615 g/mol. The normalized spacial score (nSPS) is 11.8. The van der Waals surface area contributed by atoms with Crippen LogP contribution in [0.2, 0.25) is 0 Å². The molecule has 0 unspecified atom stereocenters. The van der Waals surface area contributed by atoms with E-state index in [2.05, 4.69) is 84.9 Å². The molecule has 0 aliphatic heterocycles. The Kier molecular flexibility index (Phi) is 5.81. The molecule has 0 spiro atoms. The Bertz CT molecular complexity index is 2840. The van der Waals surface area contributed by atoms with Gasteiger partial charge in [0.25, 0.3) is 0 Å². The maximum Gasteiger partial charge on any atom is 0.164 e. The second-order valence-corrected chi connectivity index (χ2v) is 12.0. The van der Waals surface area contributed by atoms with Gasteiger partial charge in [0.2, 0.25) is 0 Å². The van der Waals surface area contributed by atoms with Crippen molar-refractivity contribution in [3.8, 4) is 45.3 Å². The van der Waals surface area contributed by atoms with Crippen molar-refractivity contribution in [2.75, 3.05) is 0 Å². The van der Waals surface area contributed by atoms with E-state index in [4.69, 9.17) is 23.8 Å². The summed E-state index contributed by atoms with van der Waals surface area (Å²) in [6, 6.07) is 51.5. The highest BCUT2D eigenvalue weighted by Gasteiger charge is 2.22. The molecule has 7 aromatic carbocycles. The average Bonchev–Trinajstić information content (AvgIpc) is 3.73. The number of para-hydroxylation sites is 2. The molecule has 0 N–H and O–H groups in total. The van der Waals surface area contributed by atoms with Gasteiger partial charge in [-0.25, -0.2) is 15.0 Å². The van der Waals surface area contributed by atoms with E-state index in [1.165, 1.54) is 0 Å². The third-order valence-corrected chi connectivity index (χ3v) is 9.14. The van der Waals surface area contributed by atoms with Gasteiger partial charge in [0.15, 0.2) is 17.5 Å². The van der Waals surface area contributed by atoms with Crippen LogP contribution in [0, 0.1) is 0 Å². The molecule has 5 nitrogen and oxygen atoms in total. The van der Waals surface area contributed by atoms with E-state index in [0.717, 1.165) is 82.5 Å². The zero-order valence-electron chi connectivity index (χ0n) is 25.6. The smallest absolute Gasteiger partial charge is 0.164 e. The summed E-state index contributed by atoms with van der Waals surface area (Å²) in [6.45, 7) is 0. The molecule has 0 radical (unpaired) electrons. The molecule has 0 fully saturated rings. The van der Waals surface area contributed by atoms with Crippen molar-refractivity contribution in [2.24, 2.45) is 0 Å². The molecule has 3 heterocycles. The van der Waals surface area contributed by atoms with Gasteiger partial charge in [0, 0.05) is 38.2 Å². The standard InChI is InChI=1S/C43H25N3O2/c1-2-12-26(13-3-1)28-24-34(40-32-18-7-9-22-36(32)48-38(40)25-28)43-45-41(30-19-10-15-27-14-4-5-16-29(27)30)44-42(46-43)33-20-11-23-37-39(33)31-17-6-8-21-35(31)47-37/h1-25H. The molecule has 0 amide bonds. The molecule has 0 saturated heterocycles. The SMILES string of the molecule is c1ccc(-c2cc(-c3nc(-c4cccc5ccccc45)nc(-c4cccc5oc6ccccc6c45)n3)c3c(c2)oc2ccccc23)cc1. The minimum atomic E-state index is 0.571. The lowest BCUT2D eigenvalue weighted by Crippen LogP contribution is -2.01. The first-order valence-electron chi connectivity index (χ1n) is 15.9. The third-order valence-electron chi connectivity index (χ3n) is 9.14. The molecule has 48 heavy (non-hydrogen) atoms. The topological polar surface area (TPSA) is 65.0 Å². The first-order valence-corrected chi connectivity index (χ1v) is 15.9. The Labute approximate surface area is 274 Å². The van der Waals surface area contributed by atoms with Crippen LogP contribution in [0.1, 0.15) is 0 Å². The van der Waals surface area contributed by atoms with Crippen molar-refractivity contribution in [2.45, 2.75) is 0 Å². The summed E-state index contributed by atoms with van der Waals surface area (Å²) in [6.07, 6.45) is 0. The summed E-state index contributed by atoms with van der Waals surface area (Å²) in [5, 5.41) is 6.18. The fraction of sp³-hybridized carbons (Fsp3) is 0. The number of benzene rings is 7. The van der Waals surface area contributed by atoms with Gasteiger partial charge < -0.3 is 8.83 Å². The highest BCUT2D eigenvalue weighted by Crippen LogP contribution is 2.41. The average molecular weight is 616 g/mol. The van der Waals surface area contributed by atoms with Crippen molar-refractivity contribution >= 4 is 54.6 Å². The van der Waals surface area contributed by atoms with Gasteiger partial charge >= 0.3 is 0 Å². The number of aromatic nitrogens is 3. The van der Waals surface area contributed by atoms with E-state index in [1.807, 2.05) is 66.7 Å². The molecule has 0 aliphatic rings. The van der Waals surface area contributed by atoms with Crippen molar-refractivity contribution in [1.82, 2.24) is 15.0 Å². The lowest BCUT2D eigenvalue weighted by Gasteiger charge is -2.12. The third kappa shape index (κ3) is 4.15. The molecular weight excluding hydrogens is 590 g/mol. The van der Waals surface area contributed by atoms with Crippen molar-refractivity contribution in [1.29, 1.82) is 0 Å². The van der Waals surface area contributed by atoms with Crippen LogP contribution in [-0.2, 0) is 0 Å². The molecule has 10 aromatic rings. The van der Waals surface area contributed by atoms with Gasteiger partial charge in [-0.1, -0.05) is 121 Å². The first-order chi connectivity index (χ1) is 23.8. The first kappa shape index (κ1) is 26.6. The second-order valence-electron chi connectivity index (χ2n) is 12.0. The minimum absolute atomic E-state index is 0.571. The predicted octanol–water partition coefficient (Wildman–Crippen LogP) is 11.5. The molecule has 5 heteroatoms. The van der Waals surface area contributed by atoms with Gasteiger partial charge in [-0.05, 0) is 52.2 Å². The summed E-state index contributed by atoms with van der Waals surface area (Å²) in [7, 11) is 0. The van der Waals surface area contributed by atoms with Crippen LogP contribution in [0.3, 0.4) is 0 Å². The minimum Gasteiger partial charge on any atom is -0.456 e. The number of hydrogen-bond donors (Lipinski definition) is 0. The van der Waals surface area contributed by atoms with Gasteiger partial charge in [-0.2, -0.15) is 0 Å². The van der Waals surface area contributed by atoms with E-state index in [1.54, 1.807) is 0 Å². The zero-order valence-corrected chi connectivity index (χ0v) is 25.6. The summed E-state index contributed by atoms with van der Waals surface area (Å²) in [4.78, 5) is 15.8. The Hall–Kier alpha value is -6.59. The summed E-state index contributed by atoms with van der Waals surface area (Å²) < 4.78 is 12.8. The molecule has 3 aromatic heterocycles. The fourth-order valence-electron chi connectivity index (χ4n) is 6.95. The van der Waals surface area contributed by atoms with E-state index in [0.29, 0.717) is 17.5 Å². The van der Waals surface area contributed by atoms with Crippen LogP contribution >= 0.6 is 0 Å². The van der Waals surface area contributed by atoms with Crippen molar-refractivity contribution in [3.05, 3.63) is 152 Å². The number of furan rings is 2. The van der Waals surface area contributed by atoms with Gasteiger partial charge in [-0.15, -0.1) is 0 Å². The lowest BCUT2D eigenvalue weighted by atomic mass is 9.98. The molecule has 0 aliphatic carbocycles. The molecule has 0 bridgehead atoms. The highest BCUT2D eigenvalue weighted by molar-refractivity contribution is 6.14. The Morgan fingerprint density at radius 1 is 0.333 bits per heavy atom. The maximum atomic E-state index is 6.48. The number of rotatable bonds is 4. The zero-order chi connectivity index (χ0) is 31.6. The molecule has 0 saturated carbocycles. The summed E-state index contributed by atoms with van der Waals surface area (Å²) in [5.41, 5.74) is 8.02. The summed E-state index contributed by atoms with van der Waals surface area (Å²) >= 11 is 0. The van der Waals surface area contributed by atoms with E-state index in [9.17, 15) is 0 Å². The molecule has 10 rings (SSSR count). The fourth-order valence-corrected chi connectivity index (χ4v) is 6.95. The number of hydrogen-bond acceptors (Lipinski definition) is 5. The van der Waals surface area contributed by atoms with Crippen LogP contribution in [0.4, 0.5) is 0 Å². The summed E-state index contributed by atoms with van der Waals surface area (Å²) in [5.74, 6) is 1.75. The number of fused-ring (bicyclic) bond motifs is 7. The largest absolute Gasteiger partial charge is 0.456 e. The van der Waals surface area contributed by atoms with Crippen LogP contribution in [0.5, 0.6) is 0 Å². The Balaban J connectivity index is 1.33. The van der Waals surface area contributed by atoms with Gasteiger partial charge in [0.1, 0.15) is 22.3 Å². The quantitative estimate of drug-likeness (QED) is 0.197. The van der Waals surface area contributed by atoms with Crippen LogP contribution in [0.25, 0.3) is 99.9 Å². The Morgan fingerprint density at radius 2 is 0.854 bits per heavy atom. The molecule has 0 atom stereocenters. The highest BCUT2D eigenvalue weighted by atomic mass is 16.3. The second kappa shape index (κ2) is 10.5. The van der Waals surface area contributed by atoms with Crippen molar-refractivity contribution in [3.63, 3.8) is 0 Å². The van der Waals surface area contributed by atoms with Crippen molar-refractivity contribution < 1.29 is 8.83 Å². The van der Waals surface area contributed by atoms with Crippen LogP contribution in [-0.4, -0.2) is 15.0 Å². The molecule has 224 valence electrons. The van der Waals surface area contributed by atoms with Gasteiger partial charge in [0.05, 0.1) is 0 Å². The van der Waals surface area contributed by atoms with Gasteiger partial charge in [-0.3, -0.25) is 0 Å². The number of nitrogens with zero attached hydrogens (tertiary/aromatic N) is 3. The maximum absolute atomic E-state index is 6.48. The lowest BCUT2D eigenvalue weighted by molar-refractivity contribution is 0.668. The molecular formula is C43H25N3O2. The van der Waals surface area contributed by atoms with Crippen LogP contribution in [0.15, 0.2) is 160 Å². The Morgan fingerprint density at radius 3 is 1.62 bits per heavy atom. The van der Waals surface area contributed by atoms with E-state index >= 15 is 0 Å². The predicted molar refractivity (Wildman–Crippen MR) is 194 cm³/mol. The van der Waals surface area contributed by atoms with E-state index < -0.39 is 0 Å². The van der Waals surface area contributed by atoms with E-state index in [-0.39, 0.29) is 0 Å². The van der Waals surface area contributed by atoms with Crippen LogP contribution < -0.4 is 0 Å².